The molecule has 0 atom stereocenters. The average Bonchev–Trinajstić information content (AvgIpc) is 2.19. The average molecular weight is 270 g/mol. The first-order valence-corrected chi connectivity index (χ1v) is 5.41. The molecule has 15 heavy (non-hydrogen) atoms. The van der Waals surface area contributed by atoms with E-state index in [1.165, 1.54) is 0 Å². The van der Waals surface area contributed by atoms with Crippen LogP contribution in [0.25, 0.3) is 0 Å². The van der Waals surface area contributed by atoms with Crippen LogP contribution in [0.2, 0.25) is 0 Å². The number of nitrogens with zero attached hydrogens (tertiary/aromatic N) is 3. The minimum Gasteiger partial charge on any atom is -0.476 e. The van der Waals surface area contributed by atoms with Crippen LogP contribution in [0.15, 0.2) is 4.47 Å². The molecular formula is C10H12BrN3O. The minimum atomic E-state index is 0.134. The van der Waals surface area contributed by atoms with Crippen molar-refractivity contribution >= 4 is 15.9 Å². The summed E-state index contributed by atoms with van der Waals surface area (Å²) in [5, 5.41) is 8.71. The molecule has 0 aliphatic rings. The maximum absolute atomic E-state index is 8.71. The number of nitriles is 1. The molecule has 0 fully saturated rings. The van der Waals surface area contributed by atoms with Gasteiger partial charge in [-0.15, -0.1) is 0 Å². The fraction of sp³-hybridized carbons (Fsp3) is 0.500. The summed E-state index contributed by atoms with van der Waals surface area (Å²) in [5.41, 5.74) is 0.709. The van der Waals surface area contributed by atoms with Crippen LogP contribution in [0.1, 0.15) is 25.4 Å². The molecule has 0 N–H and O–H groups in total. The van der Waals surface area contributed by atoms with Crippen molar-refractivity contribution in [3.63, 3.8) is 0 Å². The molecule has 1 aromatic rings. The summed E-state index contributed by atoms with van der Waals surface area (Å²) in [6, 6.07) is 1.90. The fourth-order valence-corrected chi connectivity index (χ4v) is 1.22. The van der Waals surface area contributed by atoms with E-state index >= 15 is 0 Å². The van der Waals surface area contributed by atoms with E-state index in [0.717, 1.165) is 0 Å². The number of aryl methyl sites for hydroxylation is 1. The molecule has 1 heterocycles. The predicted molar refractivity (Wildman–Crippen MR) is 59.5 cm³/mol. The van der Waals surface area contributed by atoms with E-state index in [-0.39, 0.29) is 5.82 Å². The van der Waals surface area contributed by atoms with Gasteiger partial charge in [0.15, 0.2) is 0 Å². The molecule has 0 aliphatic heterocycles. The molecule has 0 amide bonds. The molecule has 0 unspecified atom stereocenters. The lowest BCUT2D eigenvalue weighted by atomic mass is 10.2. The second-order valence-electron chi connectivity index (χ2n) is 3.57. The van der Waals surface area contributed by atoms with Crippen LogP contribution in [-0.2, 0) is 0 Å². The number of ether oxygens (including phenoxy) is 1. The molecule has 4 nitrogen and oxygen atoms in total. The molecule has 0 aliphatic carbocycles. The van der Waals surface area contributed by atoms with E-state index in [4.69, 9.17) is 10.00 Å². The van der Waals surface area contributed by atoms with Crippen molar-refractivity contribution < 1.29 is 4.74 Å². The Bertz CT molecular complexity index is 398. The van der Waals surface area contributed by atoms with E-state index in [9.17, 15) is 0 Å². The lowest BCUT2D eigenvalue weighted by Crippen LogP contribution is -2.08. The first-order chi connectivity index (χ1) is 7.04. The van der Waals surface area contributed by atoms with Gasteiger partial charge < -0.3 is 4.74 Å². The van der Waals surface area contributed by atoms with Gasteiger partial charge in [0.05, 0.1) is 12.3 Å². The maximum atomic E-state index is 8.71. The van der Waals surface area contributed by atoms with Crippen LogP contribution in [0.4, 0.5) is 0 Å². The molecule has 0 aromatic carbocycles. The molecule has 1 rings (SSSR count). The van der Waals surface area contributed by atoms with Gasteiger partial charge in [0.25, 0.3) is 0 Å². The largest absolute Gasteiger partial charge is 0.476 e. The van der Waals surface area contributed by atoms with Crippen molar-refractivity contribution in [3.8, 4) is 11.9 Å². The van der Waals surface area contributed by atoms with Gasteiger partial charge in [0, 0.05) is 0 Å². The van der Waals surface area contributed by atoms with Gasteiger partial charge in [-0.1, -0.05) is 13.8 Å². The van der Waals surface area contributed by atoms with E-state index < -0.39 is 0 Å². The zero-order valence-electron chi connectivity index (χ0n) is 8.91. The van der Waals surface area contributed by atoms with E-state index in [1.54, 1.807) is 6.92 Å². The van der Waals surface area contributed by atoms with Crippen molar-refractivity contribution in [1.82, 2.24) is 9.97 Å². The molecule has 0 saturated heterocycles. The Morgan fingerprint density at radius 2 is 2.13 bits per heavy atom. The van der Waals surface area contributed by atoms with Crippen LogP contribution >= 0.6 is 15.9 Å². The lowest BCUT2D eigenvalue weighted by molar-refractivity contribution is 0.258. The van der Waals surface area contributed by atoms with Crippen molar-refractivity contribution in [1.29, 1.82) is 5.26 Å². The summed E-state index contributed by atoms with van der Waals surface area (Å²) in [7, 11) is 0. The third-order valence-corrected chi connectivity index (χ3v) is 2.55. The van der Waals surface area contributed by atoms with Crippen molar-refractivity contribution in [2.75, 3.05) is 6.61 Å². The Kier molecular flexibility index (Phi) is 4.04. The van der Waals surface area contributed by atoms with E-state index in [1.807, 2.05) is 19.9 Å². The fourth-order valence-electron chi connectivity index (χ4n) is 0.924. The molecular weight excluding hydrogens is 258 g/mol. The Morgan fingerprint density at radius 1 is 1.47 bits per heavy atom. The molecule has 1 aromatic heterocycles. The third-order valence-electron chi connectivity index (χ3n) is 1.64. The predicted octanol–water partition coefficient (Wildman–Crippen LogP) is 2.45. The number of aromatic nitrogens is 2. The summed E-state index contributed by atoms with van der Waals surface area (Å²) in [6.07, 6.45) is 0. The summed E-state index contributed by atoms with van der Waals surface area (Å²) >= 11 is 3.33. The molecule has 0 saturated carbocycles. The second-order valence-corrected chi connectivity index (χ2v) is 4.36. The molecule has 0 bridgehead atoms. The lowest BCUT2D eigenvalue weighted by Gasteiger charge is -2.10. The van der Waals surface area contributed by atoms with Crippen LogP contribution in [0.3, 0.4) is 0 Å². The van der Waals surface area contributed by atoms with Crippen LogP contribution < -0.4 is 4.74 Å². The van der Waals surface area contributed by atoms with Gasteiger partial charge in [-0.3, -0.25) is 0 Å². The van der Waals surface area contributed by atoms with Crippen molar-refractivity contribution in [2.45, 2.75) is 20.8 Å². The smallest absolute Gasteiger partial charge is 0.235 e. The SMILES string of the molecule is Cc1nc(C#N)nc(OCC(C)C)c1Br. The number of halogens is 1. The van der Waals surface area contributed by atoms with Gasteiger partial charge in [-0.25, -0.2) is 4.98 Å². The number of hydrogen-bond acceptors (Lipinski definition) is 4. The zero-order chi connectivity index (χ0) is 11.4. The van der Waals surface area contributed by atoms with Crippen LogP contribution in [0.5, 0.6) is 5.88 Å². The summed E-state index contributed by atoms with van der Waals surface area (Å²) in [5.74, 6) is 0.986. The molecule has 0 spiro atoms. The van der Waals surface area contributed by atoms with Gasteiger partial charge in [-0.05, 0) is 28.8 Å². The highest BCUT2D eigenvalue weighted by atomic mass is 79.9. The summed E-state index contributed by atoms with van der Waals surface area (Å²) in [4.78, 5) is 7.96. The van der Waals surface area contributed by atoms with Crippen molar-refractivity contribution in [3.05, 3.63) is 16.0 Å². The monoisotopic (exact) mass is 269 g/mol. The highest BCUT2D eigenvalue weighted by Crippen LogP contribution is 2.25. The van der Waals surface area contributed by atoms with E-state index in [2.05, 4.69) is 25.9 Å². The highest BCUT2D eigenvalue weighted by molar-refractivity contribution is 9.10. The topological polar surface area (TPSA) is 58.8 Å². The number of hydrogen-bond donors (Lipinski definition) is 0. The first-order valence-electron chi connectivity index (χ1n) is 4.61. The summed E-state index contributed by atoms with van der Waals surface area (Å²) in [6.45, 7) is 6.47. The first kappa shape index (κ1) is 11.9. The van der Waals surface area contributed by atoms with Gasteiger partial charge in [0.2, 0.25) is 11.7 Å². The Balaban J connectivity index is 2.96. The zero-order valence-corrected chi connectivity index (χ0v) is 10.5. The van der Waals surface area contributed by atoms with E-state index in [0.29, 0.717) is 28.6 Å². The van der Waals surface area contributed by atoms with Crippen LogP contribution in [0, 0.1) is 24.2 Å². The van der Waals surface area contributed by atoms with Crippen LogP contribution in [-0.4, -0.2) is 16.6 Å². The Labute approximate surface area is 97.4 Å². The molecule has 5 heteroatoms. The van der Waals surface area contributed by atoms with Crippen molar-refractivity contribution in [2.24, 2.45) is 5.92 Å². The van der Waals surface area contributed by atoms with Gasteiger partial charge in [0.1, 0.15) is 10.5 Å². The Hall–Kier alpha value is -1.15. The quantitative estimate of drug-likeness (QED) is 0.846. The maximum Gasteiger partial charge on any atom is 0.235 e. The van der Waals surface area contributed by atoms with Gasteiger partial charge >= 0.3 is 0 Å². The second kappa shape index (κ2) is 5.08. The summed E-state index contributed by atoms with van der Waals surface area (Å²) < 4.78 is 6.18. The highest BCUT2D eigenvalue weighted by Gasteiger charge is 2.10. The Morgan fingerprint density at radius 3 is 2.67 bits per heavy atom. The molecule has 0 radical (unpaired) electrons. The number of rotatable bonds is 3. The standard InChI is InChI=1S/C10H12BrN3O/c1-6(2)5-15-10-9(11)7(3)13-8(4-12)14-10/h6H,5H2,1-3H3. The minimum absolute atomic E-state index is 0.134. The molecule has 80 valence electrons. The normalized spacial score (nSPS) is 10.1. The third kappa shape index (κ3) is 3.17. The van der Waals surface area contributed by atoms with Gasteiger partial charge in [-0.2, -0.15) is 10.2 Å².